The largest absolute Gasteiger partial charge is 0.472 e. The van der Waals surface area contributed by atoms with Gasteiger partial charge in [0, 0.05) is 6.42 Å². The highest BCUT2D eigenvalue weighted by molar-refractivity contribution is 7.47. The fourth-order valence-electron chi connectivity index (χ4n) is 7.61. The van der Waals surface area contributed by atoms with Gasteiger partial charge in [-0.3, -0.25) is 13.8 Å². The summed E-state index contributed by atoms with van der Waals surface area (Å²) in [4.78, 5) is 23.4. The third kappa shape index (κ3) is 25.7. The first-order valence-corrected chi connectivity index (χ1v) is 24.5. The third-order valence-corrected chi connectivity index (χ3v) is 12.4. The number of amides is 1. The monoisotopic (exact) mass is 824 g/mol. The van der Waals surface area contributed by atoms with Gasteiger partial charge in [0.1, 0.15) is 36.6 Å². The molecule has 0 bridgehead atoms. The average molecular weight is 824 g/mol. The van der Waals surface area contributed by atoms with Crippen molar-refractivity contribution in [2.75, 3.05) is 6.61 Å². The first-order chi connectivity index (χ1) is 26.9. The normalized spacial score (nSPS) is 23.5. The van der Waals surface area contributed by atoms with Crippen LogP contribution >= 0.6 is 7.82 Å². The molecule has 0 spiro atoms. The lowest BCUT2D eigenvalue weighted by molar-refractivity contribution is -0.220. The highest BCUT2D eigenvalue weighted by atomic mass is 31.2. The summed E-state index contributed by atoms with van der Waals surface area (Å²) < 4.78 is 22.9. The zero-order chi connectivity index (χ0) is 41.4. The van der Waals surface area contributed by atoms with Crippen molar-refractivity contribution in [1.29, 1.82) is 0 Å². The molecule has 1 aliphatic rings. The van der Waals surface area contributed by atoms with E-state index in [4.69, 9.17) is 9.05 Å². The number of unbranched alkanes of at least 4 members (excludes halogenated alkanes) is 27. The smallest absolute Gasteiger partial charge is 0.391 e. The Morgan fingerprint density at radius 1 is 0.536 bits per heavy atom. The van der Waals surface area contributed by atoms with Crippen LogP contribution in [0.4, 0.5) is 0 Å². The molecule has 0 aromatic rings. The van der Waals surface area contributed by atoms with E-state index in [1.165, 1.54) is 135 Å². The zero-order valence-electron chi connectivity index (χ0n) is 35.5. The topological polar surface area (TPSA) is 206 Å². The van der Waals surface area contributed by atoms with Gasteiger partial charge in [0.15, 0.2) is 0 Å². The van der Waals surface area contributed by atoms with Gasteiger partial charge in [0.2, 0.25) is 5.91 Å². The summed E-state index contributed by atoms with van der Waals surface area (Å²) in [6.07, 6.45) is 22.7. The maximum Gasteiger partial charge on any atom is 0.472 e. The van der Waals surface area contributed by atoms with Crippen LogP contribution in [0.1, 0.15) is 213 Å². The van der Waals surface area contributed by atoms with Gasteiger partial charge in [-0.25, -0.2) is 4.57 Å². The third-order valence-electron chi connectivity index (χ3n) is 11.4. The molecule has 1 fully saturated rings. The molecule has 6 unspecified atom stereocenters. The molecule has 334 valence electrons. The highest BCUT2D eigenvalue weighted by Gasteiger charge is 2.51. The maximum atomic E-state index is 12.9. The minimum absolute atomic E-state index is 0.242. The quantitative estimate of drug-likeness (QED) is 0.0220. The van der Waals surface area contributed by atoms with Crippen LogP contribution in [0.5, 0.6) is 0 Å². The van der Waals surface area contributed by atoms with Crippen LogP contribution in [0.25, 0.3) is 0 Å². The second-order valence-corrected chi connectivity index (χ2v) is 18.0. The first-order valence-electron chi connectivity index (χ1n) is 23.0. The van der Waals surface area contributed by atoms with E-state index in [-0.39, 0.29) is 12.3 Å². The fraction of sp³-hybridized carbons (Fsp3) is 0.977. The molecule has 0 radical (unpaired) electrons. The molecule has 1 rings (SSSR count). The molecular weight excluding hydrogens is 737 g/mol. The second-order valence-electron chi connectivity index (χ2n) is 16.6. The van der Waals surface area contributed by atoms with Crippen molar-refractivity contribution < 1.29 is 53.9 Å². The van der Waals surface area contributed by atoms with E-state index in [1.54, 1.807) is 0 Å². The number of phosphoric acid groups is 1. The summed E-state index contributed by atoms with van der Waals surface area (Å²) in [7, 11) is -5.05. The molecule has 12 nitrogen and oxygen atoms in total. The number of hydrogen-bond donors (Lipinski definition) is 8. The Morgan fingerprint density at radius 2 is 0.857 bits per heavy atom. The number of nitrogens with one attached hydrogen (secondary N) is 1. The van der Waals surface area contributed by atoms with E-state index < -0.39 is 63.2 Å². The molecule has 8 N–H and O–H groups in total. The molecule has 0 aromatic heterocycles. The lowest BCUT2D eigenvalue weighted by Gasteiger charge is -2.41. The highest BCUT2D eigenvalue weighted by Crippen LogP contribution is 2.47. The van der Waals surface area contributed by atoms with Crippen molar-refractivity contribution in [2.24, 2.45) is 0 Å². The van der Waals surface area contributed by atoms with E-state index in [1.807, 2.05) is 0 Å². The number of hydrogen-bond acceptors (Lipinski definition) is 10. The Labute approximate surface area is 340 Å². The number of rotatable bonds is 38. The Balaban J connectivity index is 2.47. The Hall–Kier alpha value is -0.660. The van der Waals surface area contributed by atoms with Gasteiger partial charge in [-0.1, -0.05) is 194 Å². The van der Waals surface area contributed by atoms with Gasteiger partial charge < -0.3 is 40.8 Å². The second kappa shape index (κ2) is 34.1. The molecular formula is C43H86NO11P. The number of carbonyl (C=O) groups excluding carboxylic acids is 1. The summed E-state index contributed by atoms with van der Waals surface area (Å²) in [5.41, 5.74) is 0. The van der Waals surface area contributed by atoms with Crippen molar-refractivity contribution in [2.45, 2.75) is 262 Å². The van der Waals surface area contributed by atoms with Crippen LogP contribution in [0.2, 0.25) is 0 Å². The van der Waals surface area contributed by atoms with Crippen LogP contribution in [-0.2, 0) is 18.4 Å². The van der Waals surface area contributed by atoms with Crippen LogP contribution in [0.3, 0.4) is 0 Å². The summed E-state index contributed by atoms with van der Waals surface area (Å²) in [5, 5.41) is 64.1. The van der Waals surface area contributed by atoms with Gasteiger partial charge in [-0.2, -0.15) is 0 Å². The molecule has 0 saturated heterocycles. The minimum Gasteiger partial charge on any atom is -0.391 e. The minimum atomic E-state index is -5.05. The van der Waals surface area contributed by atoms with Crippen molar-refractivity contribution in [3.63, 3.8) is 0 Å². The van der Waals surface area contributed by atoms with Crippen molar-refractivity contribution in [1.82, 2.24) is 5.32 Å². The van der Waals surface area contributed by atoms with E-state index in [0.29, 0.717) is 19.3 Å². The maximum absolute atomic E-state index is 12.9. The summed E-state index contributed by atoms with van der Waals surface area (Å²) in [5.74, 6) is -0.305. The lowest BCUT2D eigenvalue weighted by Crippen LogP contribution is -2.64. The molecule has 0 heterocycles. The number of aliphatic hydroxyl groups excluding tert-OH is 6. The van der Waals surface area contributed by atoms with Crippen molar-refractivity contribution in [3.8, 4) is 0 Å². The van der Waals surface area contributed by atoms with Crippen LogP contribution < -0.4 is 5.32 Å². The van der Waals surface area contributed by atoms with Crippen LogP contribution in [0, 0.1) is 0 Å². The Kier molecular flexibility index (Phi) is 32.5. The fourth-order valence-corrected chi connectivity index (χ4v) is 8.58. The summed E-state index contributed by atoms with van der Waals surface area (Å²) in [6.45, 7) is 3.89. The molecule has 56 heavy (non-hydrogen) atoms. The number of carbonyl (C=O) groups is 1. The molecule has 9 atom stereocenters. The number of aliphatic hydroxyl groups is 6. The Bertz CT molecular complexity index is 962. The van der Waals surface area contributed by atoms with Crippen LogP contribution in [-0.4, -0.2) is 96.8 Å². The van der Waals surface area contributed by atoms with Crippen LogP contribution in [0.15, 0.2) is 0 Å². The molecule has 1 amide bonds. The lowest BCUT2D eigenvalue weighted by atomic mass is 9.85. The predicted molar refractivity (Wildman–Crippen MR) is 223 cm³/mol. The molecule has 1 aliphatic carbocycles. The van der Waals surface area contributed by atoms with Crippen molar-refractivity contribution in [3.05, 3.63) is 0 Å². The van der Waals surface area contributed by atoms with Gasteiger partial charge in [0.05, 0.1) is 18.8 Å². The Morgan fingerprint density at radius 3 is 1.23 bits per heavy atom. The van der Waals surface area contributed by atoms with Gasteiger partial charge >= 0.3 is 7.82 Å². The van der Waals surface area contributed by atoms with Gasteiger partial charge in [-0.05, 0) is 12.8 Å². The van der Waals surface area contributed by atoms with Crippen molar-refractivity contribution >= 4 is 13.7 Å². The van der Waals surface area contributed by atoms with Gasteiger partial charge in [0.25, 0.3) is 0 Å². The van der Waals surface area contributed by atoms with E-state index in [2.05, 4.69) is 19.2 Å². The first kappa shape index (κ1) is 53.4. The van der Waals surface area contributed by atoms with E-state index >= 15 is 0 Å². The molecule has 1 saturated carbocycles. The summed E-state index contributed by atoms with van der Waals surface area (Å²) in [6, 6.07) is -1.02. The molecule has 13 heteroatoms. The molecule has 0 aliphatic heterocycles. The van der Waals surface area contributed by atoms with Gasteiger partial charge in [-0.15, -0.1) is 0 Å². The predicted octanol–water partition coefficient (Wildman–Crippen LogP) is 8.29. The standard InChI is InChI=1S/C43H86NO11P/c1-3-5-7-9-11-13-15-17-19-20-22-24-26-28-30-32-36(45)35(34-54-56(52,53)55-43-41(50)39(48)38(47)40(49)42(43)51)44-37(46)33-31-29-27-25-23-21-18-16-14-12-10-8-6-4-2/h35-36,38-43,45,47-51H,3-34H2,1-2H3,(H,44,46)(H,52,53)/t35-,36+,38?,39+,40?,41?,42?,43?/m0/s1. The zero-order valence-corrected chi connectivity index (χ0v) is 36.4. The summed E-state index contributed by atoms with van der Waals surface area (Å²) >= 11 is 0. The van der Waals surface area contributed by atoms with E-state index in [9.17, 15) is 44.9 Å². The van der Waals surface area contributed by atoms with E-state index in [0.717, 1.165) is 38.5 Å². The SMILES string of the molecule is CCCCCCCCCCCCCCCCC[C@@H](O)[C@H](COP(=O)(O)OC1C(O)C(O)C(O)[C@@H](O)C1O)NC(=O)CCCCCCCCCCCCCCCC. The molecule has 0 aromatic carbocycles. The average Bonchev–Trinajstić information content (AvgIpc) is 3.18. The number of phosphoric ester groups is 1.